The molecule has 0 bridgehead atoms. The first-order valence-electron chi connectivity index (χ1n) is 8.01. The largest absolute Gasteiger partial charge is 0.336 e. The molecule has 1 aliphatic rings. The van der Waals surface area contributed by atoms with Gasteiger partial charge in [0.05, 0.1) is 10.1 Å². The Morgan fingerprint density at radius 2 is 2.17 bits per heavy atom. The minimum Gasteiger partial charge on any atom is -0.336 e. The molecule has 3 unspecified atom stereocenters. The summed E-state index contributed by atoms with van der Waals surface area (Å²) in [7, 11) is 0. The lowest BCUT2D eigenvalue weighted by atomic mass is 9.97. The van der Waals surface area contributed by atoms with Gasteiger partial charge in [-0.05, 0) is 51.5 Å². The van der Waals surface area contributed by atoms with Crippen molar-refractivity contribution in [2.24, 2.45) is 0 Å². The number of rotatable bonds is 4. The minimum absolute atomic E-state index is 0.176. The highest BCUT2D eigenvalue weighted by atomic mass is 32.2. The number of amides is 1. The number of nitrogens with one attached hydrogen (secondary N) is 1. The van der Waals surface area contributed by atoms with Crippen molar-refractivity contribution >= 4 is 29.0 Å². The third kappa shape index (κ3) is 3.61. The molecular weight excluding hydrogens is 328 g/mol. The van der Waals surface area contributed by atoms with Crippen LogP contribution in [0.25, 0.3) is 10.7 Å². The topological polar surface area (TPSA) is 61.9 Å². The van der Waals surface area contributed by atoms with Crippen LogP contribution in [0.2, 0.25) is 0 Å². The van der Waals surface area contributed by atoms with Crippen molar-refractivity contribution in [3.05, 3.63) is 17.5 Å². The highest BCUT2D eigenvalue weighted by Gasteiger charge is 2.32. The zero-order chi connectivity index (χ0) is 16.4. The summed E-state index contributed by atoms with van der Waals surface area (Å²) in [5.41, 5.74) is 0. The lowest BCUT2D eigenvalue weighted by molar-refractivity contribution is -0.136. The van der Waals surface area contributed by atoms with Crippen LogP contribution in [-0.4, -0.2) is 43.3 Å². The van der Waals surface area contributed by atoms with Gasteiger partial charge in [-0.25, -0.2) is 4.98 Å². The highest BCUT2D eigenvalue weighted by molar-refractivity contribution is 8.00. The number of aromatic amines is 1. The van der Waals surface area contributed by atoms with Crippen molar-refractivity contribution in [2.45, 2.75) is 62.5 Å². The molecule has 0 saturated carbocycles. The van der Waals surface area contributed by atoms with Gasteiger partial charge in [0.1, 0.15) is 0 Å². The number of likely N-dealkylation sites (tertiary alicyclic amines) is 1. The lowest BCUT2D eigenvalue weighted by Gasteiger charge is -2.40. The Bertz CT molecular complexity index is 645. The van der Waals surface area contributed by atoms with Crippen LogP contribution < -0.4 is 0 Å². The molecule has 2 aromatic heterocycles. The summed E-state index contributed by atoms with van der Waals surface area (Å²) in [6, 6.07) is 4.64. The Morgan fingerprint density at radius 1 is 1.43 bits per heavy atom. The molecule has 1 N–H and O–H groups in total. The molecule has 3 atom stereocenters. The summed E-state index contributed by atoms with van der Waals surface area (Å²) in [5.74, 6) is 0.957. The number of H-pyrrole nitrogens is 1. The van der Waals surface area contributed by atoms with Gasteiger partial charge in [-0.2, -0.15) is 0 Å². The summed E-state index contributed by atoms with van der Waals surface area (Å²) in [6.45, 7) is 6.24. The zero-order valence-corrected chi connectivity index (χ0v) is 15.3. The van der Waals surface area contributed by atoms with Crippen molar-refractivity contribution in [3.8, 4) is 10.7 Å². The van der Waals surface area contributed by atoms with Gasteiger partial charge >= 0.3 is 0 Å². The Labute approximate surface area is 144 Å². The molecule has 1 fully saturated rings. The first-order chi connectivity index (χ1) is 11.1. The highest BCUT2D eigenvalue weighted by Crippen LogP contribution is 2.29. The maximum Gasteiger partial charge on any atom is 0.236 e. The van der Waals surface area contributed by atoms with E-state index in [1.807, 2.05) is 29.3 Å². The quantitative estimate of drug-likeness (QED) is 0.852. The van der Waals surface area contributed by atoms with E-state index in [2.05, 4.69) is 29.0 Å². The molecule has 7 heteroatoms. The van der Waals surface area contributed by atoms with E-state index in [4.69, 9.17) is 0 Å². The Balaban J connectivity index is 1.66. The molecule has 1 amide bonds. The standard InChI is InChI=1S/C16H22N4OS2/c1-10-6-4-7-11(2)20(10)15(21)12(3)23-16-17-14(18-19-16)13-8-5-9-22-13/h5,8-12H,4,6-7H2,1-3H3,(H,17,18,19). The second-order valence-electron chi connectivity index (χ2n) is 6.08. The third-order valence-corrected chi connectivity index (χ3v) is 6.12. The number of carbonyl (C=O) groups excluding carboxylic acids is 1. The average Bonchev–Trinajstić information content (AvgIpc) is 3.17. The molecule has 0 aliphatic carbocycles. The molecule has 0 aromatic carbocycles. The van der Waals surface area contributed by atoms with Gasteiger partial charge in [-0.1, -0.05) is 17.8 Å². The van der Waals surface area contributed by atoms with Crippen molar-refractivity contribution < 1.29 is 4.79 Å². The first kappa shape index (κ1) is 16.5. The van der Waals surface area contributed by atoms with Gasteiger partial charge in [0.2, 0.25) is 11.1 Å². The Kier molecular flexibility index (Phi) is 5.06. The number of hydrogen-bond acceptors (Lipinski definition) is 5. The number of piperidine rings is 1. The van der Waals surface area contributed by atoms with Gasteiger partial charge in [0, 0.05) is 12.1 Å². The van der Waals surface area contributed by atoms with Crippen LogP contribution >= 0.6 is 23.1 Å². The van der Waals surface area contributed by atoms with Gasteiger partial charge in [-0.3, -0.25) is 9.89 Å². The van der Waals surface area contributed by atoms with Crippen LogP contribution in [0.1, 0.15) is 40.0 Å². The molecule has 124 valence electrons. The second-order valence-corrected chi connectivity index (χ2v) is 8.33. The van der Waals surface area contributed by atoms with Crippen LogP contribution in [0.3, 0.4) is 0 Å². The molecule has 1 saturated heterocycles. The maximum absolute atomic E-state index is 12.8. The number of aromatic nitrogens is 3. The van der Waals surface area contributed by atoms with E-state index < -0.39 is 0 Å². The van der Waals surface area contributed by atoms with E-state index >= 15 is 0 Å². The molecule has 23 heavy (non-hydrogen) atoms. The Morgan fingerprint density at radius 3 is 2.83 bits per heavy atom. The van der Waals surface area contributed by atoms with Gasteiger partial charge in [0.25, 0.3) is 0 Å². The molecule has 2 aromatic rings. The summed E-state index contributed by atoms with van der Waals surface area (Å²) in [4.78, 5) is 20.4. The predicted octanol–water partition coefficient (Wildman–Crippen LogP) is 3.80. The molecule has 5 nitrogen and oxygen atoms in total. The molecule has 0 spiro atoms. The summed E-state index contributed by atoms with van der Waals surface area (Å²) >= 11 is 3.05. The minimum atomic E-state index is -0.176. The number of thiophene rings is 1. The van der Waals surface area contributed by atoms with E-state index in [0.29, 0.717) is 17.2 Å². The lowest BCUT2D eigenvalue weighted by Crippen LogP contribution is -2.50. The van der Waals surface area contributed by atoms with Crippen molar-refractivity contribution in [3.63, 3.8) is 0 Å². The molecule has 3 rings (SSSR count). The van der Waals surface area contributed by atoms with E-state index in [1.54, 1.807) is 11.3 Å². The molecular formula is C16H22N4OS2. The van der Waals surface area contributed by atoms with Crippen LogP contribution in [0.4, 0.5) is 0 Å². The Hall–Kier alpha value is -1.34. The van der Waals surface area contributed by atoms with E-state index in [9.17, 15) is 4.79 Å². The van der Waals surface area contributed by atoms with E-state index in [0.717, 1.165) is 23.5 Å². The fourth-order valence-electron chi connectivity index (χ4n) is 3.10. The summed E-state index contributed by atoms with van der Waals surface area (Å²) in [5, 5.41) is 9.66. The van der Waals surface area contributed by atoms with Crippen molar-refractivity contribution in [1.29, 1.82) is 0 Å². The number of hydrogen-bond donors (Lipinski definition) is 1. The molecule has 1 aliphatic heterocycles. The SMILES string of the molecule is CC(Sc1n[nH]c(-c2cccs2)n1)C(=O)N1C(C)CCCC1C. The monoisotopic (exact) mass is 350 g/mol. The van der Waals surface area contributed by atoms with E-state index in [-0.39, 0.29) is 11.2 Å². The normalized spacial score (nSPS) is 23.0. The van der Waals surface area contributed by atoms with Crippen LogP contribution in [0.15, 0.2) is 22.7 Å². The van der Waals surface area contributed by atoms with Crippen molar-refractivity contribution in [2.75, 3.05) is 0 Å². The average molecular weight is 351 g/mol. The summed E-state index contributed by atoms with van der Waals surface area (Å²) in [6.07, 6.45) is 3.39. The van der Waals surface area contributed by atoms with Crippen molar-refractivity contribution in [1.82, 2.24) is 20.1 Å². The first-order valence-corrected chi connectivity index (χ1v) is 9.77. The summed E-state index contributed by atoms with van der Waals surface area (Å²) < 4.78 is 0. The fraction of sp³-hybridized carbons (Fsp3) is 0.562. The third-order valence-electron chi connectivity index (χ3n) is 4.30. The molecule has 0 radical (unpaired) electrons. The van der Waals surface area contributed by atoms with Crippen LogP contribution in [0, 0.1) is 0 Å². The molecule has 3 heterocycles. The van der Waals surface area contributed by atoms with Gasteiger partial charge < -0.3 is 4.90 Å². The second kappa shape index (κ2) is 7.05. The van der Waals surface area contributed by atoms with Crippen LogP contribution in [0.5, 0.6) is 0 Å². The smallest absolute Gasteiger partial charge is 0.236 e. The predicted molar refractivity (Wildman–Crippen MR) is 94.6 cm³/mol. The van der Waals surface area contributed by atoms with Gasteiger partial charge in [-0.15, -0.1) is 16.4 Å². The van der Waals surface area contributed by atoms with Crippen LogP contribution in [-0.2, 0) is 4.79 Å². The zero-order valence-electron chi connectivity index (χ0n) is 13.7. The maximum atomic E-state index is 12.8. The number of nitrogens with zero attached hydrogens (tertiary/aromatic N) is 3. The van der Waals surface area contributed by atoms with E-state index in [1.165, 1.54) is 18.2 Å². The van der Waals surface area contributed by atoms with Gasteiger partial charge in [0.15, 0.2) is 5.82 Å². The number of carbonyl (C=O) groups is 1. The number of thioether (sulfide) groups is 1. The fourth-order valence-corrected chi connectivity index (χ4v) is 4.54.